The van der Waals surface area contributed by atoms with Crippen LogP contribution >= 0.6 is 15.9 Å². The molecule has 0 aliphatic carbocycles. The molecule has 0 heterocycles. The molecule has 2 N–H and O–H groups in total. The Labute approximate surface area is 148 Å². The normalized spacial score (nSPS) is 10.6. The maximum absolute atomic E-state index is 11.9. The molecule has 2 aromatic rings. The lowest BCUT2D eigenvalue weighted by molar-refractivity contribution is -0.386. The molecule has 2 rings (SSSR count). The summed E-state index contributed by atoms with van der Waals surface area (Å²) >= 11 is 3.07. The number of hydrogen-bond acceptors (Lipinski definition) is 7. The van der Waals surface area contributed by atoms with Gasteiger partial charge in [0.05, 0.1) is 16.1 Å². The van der Waals surface area contributed by atoms with E-state index in [9.17, 15) is 30.1 Å². The van der Waals surface area contributed by atoms with Crippen LogP contribution in [0.3, 0.4) is 0 Å². The third-order valence-corrected chi connectivity index (χ3v) is 3.43. The summed E-state index contributed by atoms with van der Waals surface area (Å²) < 4.78 is 0.337. The highest BCUT2D eigenvalue weighted by Crippen LogP contribution is 2.32. The minimum absolute atomic E-state index is 0.000386. The highest BCUT2D eigenvalue weighted by Gasteiger charge is 2.17. The van der Waals surface area contributed by atoms with E-state index in [-0.39, 0.29) is 16.8 Å². The second-order valence-corrected chi connectivity index (χ2v) is 5.54. The Balaban J connectivity index is 2.19. The zero-order valence-corrected chi connectivity index (χ0v) is 13.8. The van der Waals surface area contributed by atoms with E-state index in [2.05, 4.69) is 26.5 Å². The minimum atomic E-state index is -0.765. The number of nitro benzene ring substituents is 2. The van der Waals surface area contributed by atoms with E-state index < -0.39 is 27.2 Å². The van der Waals surface area contributed by atoms with E-state index >= 15 is 0 Å². The molecule has 1 amide bonds. The molecule has 0 spiro atoms. The highest BCUT2D eigenvalue weighted by molar-refractivity contribution is 9.10. The van der Waals surface area contributed by atoms with Crippen molar-refractivity contribution in [2.45, 2.75) is 0 Å². The van der Waals surface area contributed by atoms with Gasteiger partial charge in [0.25, 0.3) is 11.6 Å². The molecule has 0 aromatic heterocycles. The fourth-order valence-electron chi connectivity index (χ4n) is 1.83. The molecule has 0 bridgehead atoms. The van der Waals surface area contributed by atoms with Crippen molar-refractivity contribution in [3.63, 3.8) is 0 Å². The fraction of sp³-hybridized carbons (Fsp3) is 0. The topological polar surface area (TPSA) is 148 Å². The van der Waals surface area contributed by atoms with Gasteiger partial charge in [-0.2, -0.15) is 5.10 Å². The zero-order valence-electron chi connectivity index (χ0n) is 12.2. The van der Waals surface area contributed by atoms with Gasteiger partial charge in [0.1, 0.15) is 0 Å². The number of nitrogens with one attached hydrogen (secondary N) is 1. The number of non-ortho nitro benzene ring substituents is 1. The third kappa shape index (κ3) is 4.35. The summed E-state index contributed by atoms with van der Waals surface area (Å²) in [5.41, 5.74) is 1.35. The summed E-state index contributed by atoms with van der Waals surface area (Å²) in [4.78, 5) is 32.0. The van der Waals surface area contributed by atoms with Crippen molar-refractivity contribution >= 4 is 39.4 Å². The predicted molar refractivity (Wildman–Crippen MR) is 90.6 cm³/mol. The van der Waals surface area contributed by atoms with E-state index in [1.807, 2.05) is 0 Å². The van der Waals surface area contributed by atoms with Crippen LogP contribution in [0.4, 0.5) is 11.4 Å². The van der Waals surface area contributed by atoms with Crippen molar-refractivity contribution in [1.29, 1.82) is 0 Å². The van der Waals surface area contributed by atoms with Crippen molar-refractivity contribution in [1.82, 2.24) is 5.43 Å². The SMILES string of the molecule is O=C(N/N=C\c1cc(Br)cc([N+](=O)[O-])c1O)c1cccc([N+](=O)[O-])c1. The van der Waals surface area contributed by atoms with Gasteiger partial charge >= 0.3 is 5.69 Å². The monoisotopic (exact) mass is 408 g/mol. The lowest BCUT2D eigenvalue weighted by atomic mass is 10.2. The van der Waals surface area contributed by atoms with Gasteiger partial charge in [-0.15, -0.1) is 0 Å². The Morgan fingerprint density at radius 1 is 1.20 bits per heavy atom. The molecule has 2 aromatic carbocycles. The van der Waals surface area contributed by atoms with Gasteiger partial charge in [-0.25, -0.2) is 5.43 Å². The molecule has 0 saturated heterocycles. The number of hydrogen-bond donors (Lipinski definition) is 2. The van der Waals surface area contributed by atoms with Crippen molar-refractivity contribution in [3.8, 4) is 5.75 Å². The number of aromatic hydroxyl groups is 1. The van der Waals surface area contributed by atoms with Gasteiger partial charge in [-0.3, -0.25) is 25.0 Å². The number of amides is 1. The number of nitro groups is 2. The molecule has 0 radical (unpaired) electrons. The molecule has 25 heavy (non-hydrogen) atoms. The van der Waals surface area contributed by atoms with Gasteiger partial charge in [0, 0.05) is 33.8 Å². The Bertz CT molecular complexity index is 899. The van der Waals surface area contributed by atoms with Gasteiger partial charge in [-0.1, -0.05) is 22.0 Å². The van der Waals surface area contributed by atoms with Crippen LogP contribution in [-0.2, 0) is 0 Å². The summed E-state index contributed by atoms with van der Waals surface area (Å²) in [6, 6.07) is 7.50. The van der Waals surface area contributed by atoms with Crippen molar-refractivity contribution < 1.29 is 19.7 Å². The standard InChI is InChI=1S/C14H9BrN4O6/c15-10-4-9(13(20)12(6-10)19(24)25)7-16-17-14(21)8-2-1-3-11(5-8)18(22)23/h1-7,20H,(H,17,21)/b16-7-. The van der Waals surface area contributed by atoms with Crippen LogP contribution in [0.15, 0.2) is 46.0 Å². The highest BCUT2D eigenvalue weighted by atomic mass is 79.9. The van der Waals surface area contributed by atoms with Crippen LogP contribution < -0.4 is 5.43 Å². The number of phenols is 1. The summed E-state index contributed by atoms with van der Waals surface area (Å²) in [7, 11) is 0. The van der Waals surface area contributed by atoms with Crippen LogP contribution in [-0.4, -0.2) is 27.1 Å². The molecule has 0 aliphatic rings. The summed E-state index contributed by atoms with van der Waals surface area (Å²) in [6.07, 6.45) is 1.02. The van der Waals surface area contributed by atoms with Gasteiger partial charge in [0.15, 0.2) is 0 Å². The molecule has 0 saturated carbocycles. The molecule has 0 fully saturated rings. The first-order valence-corrected chi connectivity index (χ1v) is 7.33. The summed E-state index contributed by atoms with van der Waals surface area (Å²) in [5.74, 6) is -1.33. The number of rotatable bonds is 5. The first kappa shape index (κ1) is 18.0. The zero-order chi connectivity index (χ0) is 18.6. The van der Waals surface area contributed by atoms with Gasteiger partial charge in [-0.05, 0) is 12.1 Å². The van der Waals surface area contributed by atoms with Gasteiger partial charge in [0.2, 0.25) is 5.75 Å². The smallest absolute Gasteiger partial charge is 0.312 e. The van der Waals surface area contributed by atoms with Crippen LogP contribution in [0.1, 0.15) is 15.9 Å². The number of carbonyl (C=O) groups excluding carboxylic acids is 1. The number of carbonyl (C=O) groups is 1. The van der Waals surface area contributed by atoms with Crippen molar-refractivity contribution in [3.05, 3.63) is 72.2 Å². The van der Waals surface area contributed by atoms with E-state index in [0.717, 1.165) is 18.3 Å². The lowest BCUT2D eigenvalue weighted by Crippen LogP contribution is -2.17. The maximum Gasteiger partial charge on any atom is 0.312 e. The van der Waals surface area contributed by atoms with Gasteiger partial charge < -0.3 is 5.11 Å². The Morgan fingerprint density at radius 3 is 2.56 bits per heavy atom. The number of benzene rings is 2. The van der Waals surface area contributed by atoms with E-state index in [1.165, 1.54) is 24.3 Å². The maximum atomic E-state index is 11.9. The Hall–Kier alpha value is -3.34. The lowest BCUT2D eigenvalue weighted by Gasteiger charge is -2.02. The number of nitrogens with zero attached hydrogens (tertiary/aromatic N) is 3. The Kier molecular flexibility index (Phi) is 5.39. The molecule has 11 heteroatoms. The average Bonchev–Trinajstić information content (AvgIpc) is 2.57. The van der Waals surface area contributed by atoms with Crippen molar-refractivity contribution in [2.75, 3.05) is 0 Å². The number of halogens is 1. The van der Waals surface area contributed by atoms with E-state index in [1.54, 1.807) is 0 Å². The van der Waals surface area contributed by atoms with E-state index in [4.69, 9.17) is 0 Å². The first-order valence-electron chi connectivity index (χ1n) is 6.54. The van der Waals surface area contributed by atoms with Crippen LogP contribution in [0.2, 0.25) is 0 Å². The largest absolute Gasteiger partial charge is 0.502 e. The third-order valence-electron chi connectivity index (χ3n) is 2.97. The number of hydrazone groups is 1. The van der Waals surface area contributed by atoms with Crippen LogP contribution in [0, 0.1) is 20.2 Å². The molecule has 128 valence electrons. The molecule has 0 aliphatic heterocycles. The predicted octanol–water partition coefficient (Wildman–Crippen LogP) is 2.74. The van der Waals surface area contributed by atoms with Crippen LogP contribution in [0.25, 0.3) is 0 Å². The van der Waals surface area contributed by atoms with E-state index in [0.29, 0.717) is 4.47 Å². The molecular formula is C14H9BrN4O6. The average molecular weight is 409 g/mol. The molecule has 0 unspecified atom stereocenters. The summed E-state index contributed by atoms with van der Waals surface area (Å²) in [6.45, 7) is 0. The van der Waals surface area contributed by atoms with Crippen LogP contribution in [0.5, 0.6) is 5.75 Å². The molecule has 0 atom stereocenters. The Morgan fingerprint density at radius 2 is 1.92 bits per heavy atom. The molecule has 10 nitrogen and oxygen atoms in total. The second kappa shape index (κ2) is 7.49. The second-order valence-electron chi connectivity index (χ2n) is 4.63. The minimum Gasteiger partial charge on any atom is -0.502 e. The van der Waals surface area contributed by atoms with Crippen molar-refractivity contribution in [2.24, 2.45) is 5.10 Å². The first-order chi connectivity index (χ1) is 11.8. The fourth-order valence-corrected chi connectivity index (χ4v) is 2.29. The quantitative estimate of drug-likeness (QED) is 0.441. The molecular weight excluding hydrogens is 400 g/mol. The summed E-state index contributed by atoms with van der Waals surface area (Å²) in [5, 5.41) is 34.9. The number of phenolic OH excluding ortho intramolecular Hbond substituents is 1.